The van der Waals surface area contributed by atoms with Gasteiger partial charge in [-0.1, -0.05) is 107 Å². The molecule has 1 fully saturated rings. The molecule has 0 amide bonds. The zero-order chi connectivity index (χ0) is 40.9. The van der Waals surface area contributed by atoms with Crippen molar-refractivity contribution in [1.29, 1.82) is 0 Å². The van der Waals surface area contributed by atoms with Gasteiger partial charge < -0.3 is 14.6 Å². The van der Waals surface area contributed by atoms with E-state index < -0.39 is 0 Å². The van der Waals surface area contributed by atoms with Gasteiger partial charge >= 0.3 is 0 Å². The number of aromatic hydroxyl groups is 1. The second kappa shape index (κ2) is 18.4. The van der Waals surface area contributed by atoms with Crippen LogP contribution in [0.15, 0.2) is 82.6 Å². The van der Waals surface area contributed by atoms with Gasteiger partial charge in [0.2, 0.25) is 0 Å². The molecule has 1 N–H and O–H groups in total. The maximum absolute atomic E-state index is 14.1. The van der Waals surface area contributed by atoms with Gasteiger partial charge in [0.1, 0.15) is 17.2 Å². The molecule has 6 nitrogen and oxygen atoms in total. The number of benzene rings is 4. The molecule has 2 aliphatic carbocycles. The number of phenols is 1. The molecule has 0 bridgehead atoms. The van der Waals surface area contributed by atoms with E-state index in [1.807, 2.05) is 32.0 Å². The van der Waals surface area contributed by atoms with Gasteiger partial charge in [0.25, 0.3) is 0 Å². The van der Waals surface area contributed by atoms with Gasteiger partial charge in [0.15, 0.2) is 11.6 Å². The fourth-order valence-electron chi connectivity index (χ4n) is 8.77. The minimum absolute atomic E-state index is 0.0176. The Balaban J connectivity index is 1.14. The van der Waals surface area contributed by atoms with Crippen LogP contribution in [0.2, 0.25) is 0 Å². The Morgan fingerprint density at radius 3 is 1.93 bits per heavy atom. The monoisotopic (exact) mass is 795 g/mol. The Morgan fingerprint density at radius 2 is 1.29 bits per heavy atom. The first-order chi connectivity index (χ1) is 28.1. The summed E-state index contributed by atoms with van der Waals surface area (Å²) in [5.74, 6) is 2.35. The van der Waals surface area contributed by atoms with Crippen LogP contribution in [0.1, 0.15) is 132 Å². The summed E-state index contributed by atoms with van der Waals surface area (Å²) < 4.78 is 12.6. The Bertz CT molecular complexity index is 2260. The summed E-state index contributed by atoms with van der Waals surface area (Å²) in [6.45, 7) is 13.9. The zero-order valence-electron chi connectivity index (χ0n) is 35.0. The van der Waals surface area contributed by atoms with Crippen LogP contribution in [0.5, 0.6) is 17.2 Å². The summed E-state index contributed by atoms with van der Waals surface area (Å²) in [6.07, 6.45) is 12.6. The quantitative estimate of drug-likeness (QED) is 0.104. The van der Waals surface area contributed by atoms with Gasteiger partial charge in [-0.05, 0) is 123 Å². The Hall–Kier alpha value is -4.88. The molecule has 0 saturated heterocycles. The average Bonchev–Trinajstić information content (AvgIpc) is 3.22. The van der Waals surface area contributed by atoms with E-state index in [1.165, 1.54) is 63.1 Å². The molecule has 1 aromatic heterocycles. The van der Waals surface area contributed by atoms with Crippen molar-refractivity contribution in [3.8, 4) is 39.6 Å². The third kappa shape index (κ3) is 8.75. The van der Waals surface area contributed by atoms with Gasteiger partial charge in [0, 0.05) is 26.5 Å². The number of carbonyl (C=O) groups excluding carboxylic acids is 2. The zero-order valence-corrected chi connectivity index (χ0v) is 35.8. The SMILES string of the molecule is CCCCCC1CCC(COc2c(C)cc(-c3ccc(Sc4cc(-c5cc(C)c(OCCCC)c(C)n5)c(O)c5c4C(=O)c4ccccc4C5=O)cc3)cc2C)CC1. The number of pyridine rings is 1. The number of hydrogen-bond donors (Lipinski definition) is 1. The van der Waals surface area contributed by atoms with Crippen LogP contribution in [-0.2, 0) is 0 Å². The number of hydrogen-bond acceptors (Lipinski definition) is 7. The third-order valence-corrected chi connectivity index (χ3v) is 13.1. The molecule has 58 heavy (non-hydrogen) atoms. The van der Waals surface area contributed by atoms with Crippen LogP contribution in [0.4, 0.5) is 0 Å². The Morgan fingerprint density at radius 1 is 0.672 bits per heavy atom. The first-order valence-electron chi connectivity index (χ1n) is 21.3. The maximum atomic E-state index is 14.1. The Labute approximate surface area is 348 Å². The van der Waals surface area contributed by atoms with Crippen LogP contribution >= 0.6 is 11.8 Å². The standard InChI is InChI=1S/C51H57NO5S/c1-7-9-11-14-35-17-19-36(20-18-35)30-57-50-31(3)26-38(27-32(50)4)37-21-23-39(24-22-37)58-44-29-42(43-28-33(5)51(34(6)52-43)56-25-10-8-2)49(55)46-45(44)47(53)40-15-12-13-16-41(40)48(46)54/h12-13,15-16,21-24,26-29,35-36,55H,7-11,14,17-20,25,30H2,1-6H3. The van der Waals surface area contributed by atoms with Gasteiger partial charge in [-0.3, -0.25) is 9.59 Å². The molecule has 1 saturated carbocycles. The van der Waals surface area contributed by atoms with Crippen molar-refractivity contribution < 1.29 is 24.2 Å². The maximum Gasteiger partial charge on any atom is 0.198 e. The topological polar surface area (TPSA) is 85.7 Å². The summed E-state index contributed by atoms with van der Waals surface area (Å²) in [6, 6.07) is 23.2. The molecule has 7 heteroatoms. The van der Waals surface area contributed by atoms with E-state index in [0.29, 0.717) is 39.9 Å². The van der Waals surface area contributed by atoms with Gasteiger partial charge in [-0.25, -0.2) is 4.98 Å². The lowest BCUT2D eigenvalue weighted by molar-refractivity contribution is 0.0974. The molecule has 5 aromatic rings. The summed E-state index contributed by atoms with van der Waals surface area (Å²) in [7, 11) is 0. The first kappa shape index (κ1) is 41.3. The highest BCUT2D eigenvalue weighted by molar-refractivity contribution is 7.99. The smallest absolute Gasteiger partial charge is 0.198 e. The van der Waals surface area contributed by atoms with Crippen molar-refractivity contribution in [2.24, 2.45) is 11.8 Å². The van der Waals surface area contributed by atoms with Crippen LogP contribution in [0, 0.1) is 39.5 Å². The number of fused-ring (bicyclic) bond motifs is 2. The number of aryl methyl sites for hydroxylation is 4. The lowest BCUT2D eigenvalue weighted by atomic mass is 9.80. The number of rotatable bonds is 15. The molecule has 0 radical (unpaired) electrons. The number of carbonyl (C=O) groups is 2. The number of ketones is 2. The molecule has 2 aliphatic rings. The van der Waals surface area contributed by atoms with E-state index in [-0.39, 0.29) is 34.0 Å². The summed E-state index contributed by atoms with van der Waals surface area (Å²) in [5, 5.41) is 11.8. The molecule has 1 heterocycles. The van der Waals surface area contributed by atoms with Gasteiger partial charge in [0.05, 0.1) is 35.7 Å². The molecular weight excluding hydrogens is 739 g/mol. The van der Waals surface area contributed by atoms with Crippen LogP contribution in [-0.4, -0.2) is 34.9 Å². The Kier molecular flexibility index (Phi) is 13.1. The van der Waals surface area contributed by atoms with E-state index >= 15 is 0 Å². The predicted molar refractivity (Wildman–Crippen MR) is 235 cm³/mol. The van der Waals surface area contributed by atoms with Crippen molar-refractivity contribution in [2.75, 3.05) is 13.2 Å². The van der Waals surface area contributed by atoms with Crippen LogP contribution in [0.25, 0.3) is 22.4 Å². The van der Waals surface area contributed by atoms with Crippen molar-refractivity contribution in [1.82, 2.24) is 4.98 Å². The predicted octanol–water partition coefficient (Wildman–Crippen LogP) is 13.2. The van der Waals surface area contributed by atoms with E-state index in [0.717, 1.165) is 69.6 Å². The second-order valence-corrected chi connectivity index (χ2v) is 17.5. The highest BCUT2D eigenvalue weighted by atomic mass is 32.2. The number of phenolic OH excluding ortho intramolecular Hbond substituents is 1. The minimum Gasteiger partial charge on any atom is -0.506 e. The molecule has 0 atom stereocenters. The molecule has 0 aliphatic heterocycles. The van der Waals surface area contributed by atoms with Crippen LogP contribution in [0.3, 0.4) is 0 Å². The lowest BCUT2D eigenvalue weighted by Gasteiger charge is -2.29. The molecule has 302 valence electrons. The number of nitrogens with zero attached hydrogens (tertiary/aromatic N) is 1. The molecular formula is C51H57NO5S. The minimum atomic E-state index is -0.377. The van der Waals surface area contributed by atoms with E-state index in [1.54, 1.807) is 30.3 Å². The van der Waals surface area contributed by atoms with Gasteiger partial charge in [-0.15, -0.1) is 0 Å². The lowest BCUT2D eigenvalue weighted by Crippen LogP contribution is -2.22. The molecule has 7 rings (SSSR count). The number of unbranched alkanes of at least 4 members (excludes halogenated alkanes) is 3. The van der Waals surface area contributed by atoms with Crippen molar-refractivity contribution in [3.63, 3.8) is 0 Å². The van der Waals surface area contributed by atoms with Gasteiger partial charge in [-0.2, -0.15) is 0 Å². The molecule has 4 aromatic carbocycles. The average molecular weight is 796 g/mol. The second-order valence-electron chi connectivity index (χ2n) is 16.4. The third-order valence-electron chi connectivity index (χ3n) is 12.0. The van der Waals surface area contributed by atoms with Crippen LogP contribution < -0.4 is 9.47 Å². The summed E-state index contributed by atoms with van der Waals surface area (Å²) >= 11 is 1.41. The number of ether oxygens (including phenoxy) is 2. The van der Waals surface area contributed by atoms with Crippen molar-refractivity contribution in [2.45, 2.75) is 116 Å². The normalized spacial score (nSPS) is 16.2. The van der Waals surface area contributed by atoms with Crippen molar-refractivity contribution >= 4 is 23.3 Å². The highest BCUT2D eigenvalue weighted by Crippen LogP contribution is 2.46. The summed E-state index contributed by atoms with van der Waals surface area (Å²) in [4.78, 5) is 34.6. The van der Waals surface area contributed by atoms with Crippen molar-refractivity contribution in [3.05, 3.63) is 117 Å². The summed E-state index contributed by atoms with van der Waals surface area (Å²) in [5.41, 5.74) is 7.81. The number of aromatic nitrogens is 1. The fraction of sp³-hybridized carbons (Fsp3) is 0.392. The van der Waals surface area contributed by atoms with E-state index in [9.17, 15) is 14.7 Å². The highest BCUT2D eigenvalue weighted by Gasteiger charge is 2.36. The molecule has 0 spiro atoms. The molecule has 0 unspecified atom stereocenters. The first-order valence-corrected chi connectivity index (χ1v) is 22.1. The van der Waals surface area contributed by atoms with E-state index in [4.69, 9.17) is 14.5 Å². The largest absolute Gasteiger partial charge is 0.506 e. The van der Waals surface area contributed by atoms with E-state index in [2.05, 4.69) is 52.0 Å². The fourth-order valence-corrected chi connectivity index (χ4v) is 9.77.